The number of ether oxygens (including phenoxy) is 2. The fourth-order valence-corrected chi connectivity index (χ4v) is 2.60. The van der Waals surface area contributed by atoms with Gasteiger partial charge in [0.1, 0.15) is 11.4 Å². The summed E-state index contributed by atoms with van der Waals surface area (Å²) in [5.74, 6) is -0.483. The first kappa shape index (κ1) is 21.9. The summed E-state index contributed by atoms with van der Waals surface area (Å²) >= 11 is 0. The van der Waals surface area contributed by atoms with E-state index in [1.54, 1.807) is 63.2 Å². The molecular weight excluding hydrogens is 372 g/mol. The summed E-state index contributed by atoms with van der Waals surface area (Å²) < 4.78 is 10.6. The molecule has 0 atom stereocenters. The first-order valence-electron chi connectivity index (χ1n) is 9.16. The molecule has 2 N–H and O–H groups in total. The van der Waals surface area contributed by atoms with Crippen LogP contribution in [0.15, 0.2) is 42.5 Å². The van der Waals surface area contributed by atoms with Crippen LogP contribution < -0.4 is 15.4 Å². The second kappa shape index (κ2) is 9.23. The number of hydrogen-bond donors (Lipinski definition) is 2. The topological polar surface area (TPSA) is 93.7 Å². The van der Waals surface area contributed by atoms with Crippen molar-refractivity contribution in [2.24, 2.45) is 0 Å². The van der Waals surface area contributed by atoms with Gasteiger partial charge in [-0.1, -0.05) is 12.1 Å². The lowest BCUT2D eigenvalue weighted by Gasteiger charge is -2.20. The Bertz CT molecular complexity index is 916. The van der Waals surface area contributed by atoms with Crippen LogP contribution in [0.3, 0.4) is 0 Å². The highest BCUT2D eigenvalue weighted by molar-refractivity contribution is 6.02. The van der Waals surface area contributed by atoms with Gasteiger partial charge in [-0.15, -0.1) is 0 Å². The Morgan fingerprint density at radius 3 is 2.31 bits per heavy atom. The Balaban J connectivity index is 2.26. The van der Waals surface area contributed by atoms with E-state index < -0.39 is 11.6 Å². The van der Waals surface area contributed by atoms with Gasteiger partial charge in [-0.3, -0.25) is 9.59 Å². The summed E-state index contributed by atoms with van der Waals surface area (Å²) in [5, 5.41) is 5.68. The predicted molar refractivity (Wildman–Crippen MR) is 112 cm³/mol. The van der Waals surface area contributed by atoms with Crippen LogP contribution in [0.2, 0.25) is 0 Å². The van der Waals surface area contributed by atoms with Gasteiger partial charge in [0.05, 0.1) is 36.2 Å². The van der Waals surface area contributed by atoms with Crippen LogP contribution in [0.1, 0.15) is 48.4 Å². The Hall–Kier alpha value is -3.35. The third-order valence-corrected chi connectivity index (χ3v) is 3.81. The maximum Gasteiger partial charge on any atom is 0.338 e. The molecule has 0 aliphatic carbocycles. The Morgan fingerprint density at radius 2 is 1.69 bits per heavy atom. The number of methoxy groups -OCH3 is 1. The van der Waals surface area contributed by atoms with Crippen LogP contribution >= 0.6 is 0 Å². The zero-order valence-electron chi connectivity index (χ0n) is 17.3. The molecule has 7 nitrogen and oxygen atoms in total. The lowest BCUT2D eigenvalue weighted by molar-refractivity contribution is -0.114. The van der Waals surface area contributed by atoms with E-state index in [4.69, 9.17) is 9.47 Å². The van der Waals surface area contributed by atoms with Crippen LogP contribution in [0, 0.1) is 0 Å². The fraction of sp³-hybridized carbons (Fsp3) is 0.318. The summed E-state index contributed by atoms with van der Waals surface area (Å²) in [6.45, 7) is 6.67. The van der Waals surface area contributed by atoms with Crippen molar-refractivity contribution in [3.63, 3.8) is 0 Å². The van der Waals surface area contributed by atoms with Crippen molar-refractivity contribution >= 4 is 29.0 Å². The van der Waals surface area contributed by atoms with Gasteiger partial charge in [0.2, 0.25) is 5.91 Å². The second-order valence-electron chi connectivity index (χ2n) is 7.42. The van der Waals surface area contributed by atoms with E-state index >= 15 is 0 Å². The van der Waals surface area contributed by atoms with E-state index in [1.807, 2.05) is 0 Å². The highest BCUT2D eigenvalue weighted by atomic mass is 16.6. The van der Waals surface area contributed by atoms with E-state index in [1.165, 1.54) is 14.0 Å². The highest BCUT2D eigenvalue weighted by Crippen LogP contribution is 2.25. The monoisotopic (exact) mass is 398 g/mol. The molecule has 7 heteroatoms. The molecule has 0 saturated carbocycles. The predicted octanol–water partition coefficient (Wildman–Crippen LogP) is 3.90. The van der Waals surface area contributed by atoms with Gasteiger partial charge < -0.3 is 20.1 Å². The molecular formula is C22H26N2O5. The number of Topliss-reactive ketones (excluding diaryl/α,β-unsaturated/α-hetero) is 1. The maximum atomic E-state index is 12.6. The van der Waals surface area contributed by atoms with Crippen LogP contribution in [0.5, 0.6) is 5.75 Å². The molecule has 0 heterocycles. The quantitative estimate of drug-likeness (QED) is 0.543. The molecule has 2 aromatic carbocycles. The largest absolute Gasteiger partial charge is 0.496 e. The minimum Gasteiger partial charge on any atom is -0.496 e. The minimum absolute atomic E-state index is 0.0509. The number of carbonyl (C=O) groups is 3. The molecule has 0 aliphatic rings. The Kier molecular flexibility index (Phi) is 6.98. The molecule has 2 rings (SSSR count). The number of rotatable bonds is 7. The molecule has 1 amide bonds. The van der Waals surface area contributed by atoms with Crippen LogP contribution in [-0.4, -0.2) is 36.9 Å². The lowest BCUT2D eigenvalue weighted by atomic mass is 10.1. The zero-order valence-corrected chi connectivity index (χ0v) is 17.3. The van der Waals surface area contributed by atoms with Crippen molar-refractivity contribution in [1.29, 1.82) is 0 Å². The molecule has 0 fully saturated rings. The Morgan fingerprint density at radius 1 is 1.00 bits per heavy atom. The van der Waals surface area contributed by atoms with E-state index in [-0.39, 0.29) is 18.2 Å². The normalized spacial score (nSPS) is 10.8. The van der Waals surface area contributed by atoms with E-state index in [9.17, 15) is 14.4 Å². The molecule has 0 bridgehead atoms. The standard InChI is InChI=1S/C22H26N2O5/c1-14(25)24-17-11-10-15(21(27)29-22(2,3)4)12-18(17)23-13-19(26)16-8-6-7-9-20(16)28-5/h6-12,23H,13H2,1-5H3,(H,24,25). The van der Waals surface area contributed by atoms with Gasteiger partial charge in [-0.2, -0.15) is 0 Å². The van der Waals surface area contributed by atoms with Crippen molar-refractivity contribution in [3.8, 4) is 5.75 Å². The van der Waals surface area contributed by atoms with Crippen molar-refractivity contribution in [1.82, 2.24) is 0 Å². The van der Waals surface area contributed by atoms with E-state index in [0.717, 1.165) is 0 Å². The van der Waals surface area contributed by atoms with Gasteiger partial charge in [0.15, 0.2) is 5.78 Å². The van der Waals surface area contributed by atoms with Crippen molar-refractivity contribution in [2.45, 2.75) is 33.3 Å². The van der Waals surface area contributed by atoms with Crippen molar-refractivity contribution in [3.05, 3.63) is 53.6 Å². The third kappa shape index (κ3) is 6.34. The number of nitrogens with one attached hydrogen (secondary N) is 2. The SMILES string of the molecule is COc1ccccc1C(=O)CNc1cc(C(=O)OC(C)(C)C)ccc1NC(C)=O. The molecule has 0 saturated heterocycles. The zero-order chi connectivity index (χ0) is 21.6. The minimum atomic E-state index is -0.638. The molecule has 0 unspecified atom stereocenters. The van der Waals surface area contributed by atoms with Gasteiger partial charge in [0, 0.05) is 6.92 Å². The third-order valence-electron chi connectivity index (χ3n) is 3.81. The van der Waals surface area contributed by atoms with Gasteiger partial charge in [-0.05, 0) is 51.1 Å². The first-order valence-corrected chi connectivity index (χ1v) is 9.16. The van der Waals surface area contributed by atoms with Crippen molar-refractivity contribution < 1.29 is 23.9 Å². The molecule has 154 valence electrons. The number of anilines is 2. The van der Waals surface area contributed by atoms with Gasteiger partial charge >= 0.3 is 5.97 Å². The number of carbonyl (C=O) groups excluding carboxylic acids is 3. The second-order valence-corrected chi connectivity index (χ2v) is 7.42. The summed E-state index contributed by atoms with van der Waals surface area (Å²) in [4.78, 5) is 36.5. The smallest absolute Gasteiger partial charge is 0.338 e. The van der Waals surface area contributed by atoms with Crippen LogP contribution in [-0.2, 0) is 9.53 Å². The van der Waals surface area contributed by atoms with E-state index in [2.05, 4.69) is 10.6 Å². The molecule has 2 aromatic rings. The maximum absolute atomic E-state index is 12.6. The number of para-hydroxylation sites is 1. The summed E-state index contributed by atoms with van der Waals surface area (Å²) in [6.07, 6.45) is 0. The number of amides is 1. The molecule has 0 spiro atoms. The van der Waals surface area contributed by atoms with Crippen LogP contribution in [0.25, 0.3) is 0 Å². The number of ketones is 1. The van der Waals surface area contributed by atoms with Gasteiger partial charge in [-0.25, -0.2) is 4.79 Å². The summed E-state index contributed by atoms with van der Waals surface area (Å²) in [5.41, 5.74) is 0.999. The van der Waals surface area contributed by atoms with E-state index in [0.29, 0.717) is 28.3 Å². The number of esters is 1. The molecule has 0 aromatic heterocycles. The average Bonchev–Trinajstić information content (AvgIpc) is 2.65. The average molecular weight is 398 g/mol. The van der Waals surface area contributed by atoms with Crippen molar-refractivity contribution in [2.75, 3.05) is 24.3 Å². The van der Waals surface area contributed by atoms with Gasteiger partial charge in [0.25, 0.3) is 0 Å². The fourth-order valence-electron chi connectivity index (χ4n) is 2.60. The Labute approximate surface area is 170 Å². The molecule has 0 radical (unpaired) electrons. The molecule has 0 aliphatic heterocycles. The summed E-state index contributed by atoms with van der Waals surface area (Å²) in [7, 11) is 1.50. The highest BCUT2D eigenvalue weighted by Gasteiger charge is 2.19. The number of benzene rings is 2. The number of hydrogen-bond acceptors (Lipinski definition) is 6. The van der Waals surface area contributed by atoms with Crippen LogP contribution in [0.4, 0.5) is 11.4 Å². The molecule has 29 heavy (non-hydrogen) atoms. The summed E-state index contributed by atoms with van der Waals surface area (Å²) in [6, 6.07) is 11.6. The first-order chi connectivity index (χ1) is 13.6. The lowest BCUT2D eigenvalue weighted by Crippen LogP contribution is -2.24.